The second-order valence-electron chi connectivity index (χ2n) is 8.78. The van der Waals surface area contributed by atoms with Crippen LogP contribution in [0.3, 0.4) is 0 Å². The summed E-state index contributed by atoms with van der Waals surface area (Å²) in [5.74, 6) is 0.441. The monoisotopic (exact) mass is 326 g/mol. The summed E-state index contributed by atoms with van der Waals surface area (Å²) in [6, 6.07) is 0. The molecule has 3 atom stereocenters. The fourth-order valence-electron chi connectivity index (χ4n) is 3.97. The van der Waals surface area contributed by atoms with Crippen LogP contribution in [0.4, 0.5) is 0 Å². The van der Waals surface area contributed by atoms with E-state index >= 15 is 0 Å². The van der Waals surface area contributed by atoms with Crippen molar-refractivity contribution in [3.8, 4) is 0 Å². The van der Waals surface area contributed by atoms with Gasteiger partial charge in [-0.05, 0) is 43.3 Å². The van der Waals surface area contributed by atoms with Crippen molar-refractivity contribution < 1.29 is 14.0 Å². The highest BCUT2D eigenvalue weighted by molar-refractivity contribution is 6.74. The maximum Gasteiger partial charge on any atom is 0.311 e. The number of fused-ring (bicyclic) bond motifs is 1. The van der Waals surface area contributed by atoms with Gasteiger partial charge in [0.25, 0.3) is 0 Å². The van der Waals surface area contributed by atoms with Crippen LogP contribution in [-0.2, 0) is 14.0 Å². The van der Waals surface area contributed by atoms with Gasteiger partial charge in [-0.2, -0.15) is 0 Å². The number of hydrogen-bond donors (Lipinski definition) is 0. The third-order valence-corrected chi connectivity index (χ3v) is 10.9. The predicted octanol–water partition coefficient (Wildman–Crippen LogP) is 4.91. The van der Waals surface area contributed by atoms with Gasteiger partial charge in [-0.1, -0.05) is 46.5 Å². The Bertz CT molecular complexity index is 413. The van der Waals surface area contributed by atoms with Crippen molar-refractivity contribution in [3.63, 3.8) is 0 Å². The van der Waals surface area contributed by atoms with Crippen molar-refractivity contribution >= 4 is 14.3 Å². The minimum atomic E-state index is -1.90. The number of carbonyl (C=O) groups is 1. The van der Waals surface area contributed by atoms with Crippen molar-refractivity contribution in [2.45, 2.75) is 89.5 Å². The van der Waals surface area contributed by atoms with Gasteiger partial charge in [-0.15, -0.1) is 0 Å². The lowest BCUT2D eigenvalue weighted by molar-refractivity contribution is -0.188. The first-order valence-electron chi connectivity index (χ1n) is 8.92. The summed E-state index contributed by atoms with van der Waals surface area (Å²) in [4.78, 5) is 12.3. The zero-order valence-corrected chi connectivity index (χ0v) is 16.3. The third kappa shape index (κ3) is 3.14. The smallest absolute Gasteiger partial charge is 0.311 e. The maximum absolute atomic E-state index is 12.3. The van der Waals surface area contributed by atoms with Crippen molar-refractivity contribution in [1.29, 1.82) is 0 Å². The van der Waals surface area contributed by atoms with E-state index in [9.17, 15) is 4.79 Å². The van der Waals surface area contributed by atoms with Gasteiger partial charge < -0.3 is 9.16 Å². The van der Waals surface area contributed by atoms with E-state index in [0.29, 0.717) is 5.92 Å². The number of methoxy groups -OCH3 is 1. The Kier molecular flexibility index (Phi) is 5.13. The van der Waals surface area contributed by atoms with E-state index in [1.54, 1.807) is 0 Å². The third-order valence-electron chi connectivity index (χ3n) is 6.41. The molecule has 0 radical (unpaired) electrons. The molecule has 2 saturated carbocycles. The van der Waals surface area contributed by atoms with Gasteiger partial charge >= 0.3 is 5.97 Å². The molecule has 0 aliphatic heterocycles. The molecule has 0 unspecified atom stereocenters. The molecule has 2 fully saturated rings. The van der Waals surface area contributed by atoms with E-state index in [2.05, 4.69) is 33.9 Å². The lowest BCUT2D eigenvalue weighted by Gasteiger charge is -2.59. The van der Waals surface area contributed by atoms with Gasteiger partial charge in [0.2, 0.25) is 0 Å². The normalized spacial score (nSPS) is 33.2. The first-order valence-corrected chi connectivity index (χ1v) is 11.8. The molecular formula is C18H34O3Si. The molecular weight excluding hydrogens is 292 g/mol. The molecule has 3 nitrogen and oxygen atoms in total. The summed E-state index contributed by atoms with van der Waals surface area (Å²) in [6.07, 6.45) is 8.26. The maximum atomic E-state index is 12.3. The quantitative estimate of drug-likeness (QED) is 0.546. The molecule has 0 aromatic rings. The van der Waals surface area contributed by atoms with Crippen LogP contribution in [0.25, 0.3) is 0 Å². The van der Waals surface area contributed by atoms with Crippen LogP contribution in [0, 0.1) is 11.8 Å². The summed E-state index contributed by atoms with van der Waals surface area (Å²) < 4.78 is 12.0. The minimum Gasteiger partial charge on any atom is -0.469 e. The Hall–Kier alpha value is -0.353. The van der Waals surface area contributed by atoms with E-state index in [1.165, 1.54) is 39.2 Å². The molecule has 2 rings (SSSR count). The highest BCUT2D eigenvalue weighted by Gasteiger charge is 2.61. The van der Waals surface area contributed by atoms with E-state index in [4.69, 9.17) is 9.16 Å². The Morgan fingerprint density at radius 2 is 1.77 bits per heavy atom. The second-order valence-corrected chi connectivity index (χ2v) is 13.5. The molecule has 2 aliphatic rings. The molecule has 4 heteroatoms. The second kappa shape index (κ2) is 6.27. The molecule has 0 spiro atoms. The van der Waals surface area contributed by atoms with Crippen LogP contribution >= 0.6 is 0 Å². The van der Waals surface area contributed by atoms with E-state index < -0.39 is 8.32 Å². The number of ether oxygens (including phenoxy) is 1. The molecule has 0 bridgehead atoms. The fraction of sp³-hybridized carbons (Fsp3) is 0.944. The van der Waals surface area contributed by atoms with E-state index in [0.717, 1.165) is 12.8 Å². The minimum absolute atomic E-state index is 0.0466. The average Bonchev–Trinajstić information content (AvgIpc) is 2.40. The number of rotatable bonds is 3. The topological polar surface area (TPSA) is 35.5 Å². The Morgan fingerprint density at radius 1 is 1.14 bits per heavy atom. The largest absolute Gasteiger partial charge is 0.469 e. The Morgan fingerprint density at radius 3 is 2.36 bits per heavy atom. The van der Waals surface area contributed by atoms with E-state index in [1.807, 2.05) is 0 Å². The molecule has 22 heavy (non-hydrogen) atoms. The zero-order chi connectivity index (χ0) is 16.6. The van der Waals surface area contributed by atoms with Gasteiger partial charge in [0.1, 0.15) is 0 Å². The zero-order valence-electron chi connectivity index (χ0n) is 15.3. The van der Waals surface area contributed by atoms with E-state index in [-0.39, 0.29) is 22.5 Å². The van der Waals surface area contributed by atoms with Crippen LogP contribution in [0.5, 0.6) is 0 Å². The Balaban J connectivity index is 2.29. The average molecular weight is 327 g/mol. The summed E-state index contributed by atoms with van der Waals surface area (Å²) in [6.45, 7) is 11.5. The highest BCUT2D eigenvalue weighted by Crippen LogP contribution is 2.56. The van der Waals surface area contributed by atoms with Gasteiger partial charge in [0.05, 0.1) is 18.6 Å². The first kappa shape index (κ1) is 18.0. The van der Waals surface area contributed by atoms with Crippen molar-refractivity contribution in [2.75, 3.05) is 7.11 Å². The highest BCUT2D eigenvalue weighted by atomic mass is 28.4. The van der Waals surface area contributed by atoms with Crippen molar-refractivity contribution in [1.82, 2.24) is 0 Å². The molecule has 0 heterocycles. The summed E-state index contributed by atoms with van der Waals surface area (Å²) in [5.41, 5.74) is -0.240. The molecule has 0 aromatic carbocycles. The molecule has 0 saturated heterocycles. The Labute approximate surface area is 137 Å². The van der Waals surface area contributed by atoms with Gasteiger partial charge in [0.15, 0.2) is 8.32 Å². The molecule has 2 aliphatic carbocycles. The predicted molar refractivity (Wildman–Crippen MR) is 92.3 cm³/mol. The number of hydrogen-bond acceptors (Lipinski definition) is 3. The summed E-state index contributed by atoms with van der Waals surface area (Å²) >= 11 is 0. The molecule has 0 amide bonds. The van der Waals surface area contributed by atoms with Crippen LogP contribution in [0.2, 0.25) is 18.1 Å². The van der Waals surface area contributed by atoms with Crippen LogP contribution in [0.15, 0.2) is 0 Å². The van der Waals surface area contributed by atoms with Crippen LogP contribution < -0.4 is 0 Å². The van der Waals surface area contributed by atoms with Crippen LogP contribution in [0.1, 0.15) is 65.7 Å². The SMILES string of the molecule is COC(=O)[C@H]1C[C@@H]2CCCCCC[C@@]21O[Si](C)(C)C(C)(C)C. The number of esters is 1. The lowest BCUT2D eigenvalue weighted by Crippen LogP contribution is -2.65. The van der Waals surface area contributed by atoms with Gasteiger partial charge in [-0.25, -0.2) is 0 Å². The summed E-state index contributed by atoms with van der Waals surface area (Å²) in [7, 11) is -0.390. The fourth-order valence-corrected chi connectivity index (χ4v) is 5.63. The molecule has 128 valence electrons. The summed E-state index contributed by atoms with van der Waals surface area (Å²) in [5, 5.41) is 0.172. The van der Waals surface area contributed by atoms with Crippen molar-refractivity contribution in [2.24, 2.45) is 11.8 Å². The van der Waals surface area contributed by atoms with Crippen LogP contribution in [-0.4, -0.2) is 27.0 Å². The standard InChI is InChI=1S/C18H34O3Si/c1-17(2,3)22(5,6)21-18-12-10-8-7-9-11-14(18)13-15(18)16(19)20-4/h14-15H,7-13H2,1-6H3/t14-,15+,18+/m0/s1. The number of carbonyl (C=O) groups excluding carboxylic acids is 1. The van der Waals surface area contributed by atoms with Gasteiger partial charge in [-0.3, -0.25) is 4.79 Å². The molecule has 0 N–H and O–H groups in total. The molecule has 0 aromatic heterocycles. The van der Waals surface area contributed by atoms with Gasteiger partial charge in [0, 0.05) is 0 Å². The first-order chi connectivity index (χ1) is 10.1. The van der Waals surface area contributed by atoms with Crippen molar-refractivity contribution in [3.05, 3.63) is 0 Å². The lowest BCUT2D eigenvalue weighted by atomic mass is 9.56.